The summed E-state index contributed by atoms with van der Waals surface area (Å²) < 4.78 is 0. The fourth-order valence-corrected chi connectivity index (χ4v) is 4.72. The zero-order chi connectivity index (χ0) is 21.2. The monoisotopic (exact) mass is 433 g/mol. The van der Waals surface area contributed by atoms with Crippen LogP contribution in [0.1, 0.15) is 70.6 Å². The number of nitrogens with one attached hydrogen (secondary N) is 1. The lowest BCUT2D eigenvalue weighted by molar-refractivity contribution is -0.146. The highest BCUT2D eigenvalue weighted by Gasteiger charge is 2.27. The number of halogens is 1. The summed E-state index contributed by atoms with van der Waals surface area (Å²) in [7, 11) is 0. The second-order valence-corrected chi connectivity index (χ2v) is 9.13. The molecule has 6 heteroatoms. The van der Waals surface area contributed by atoms with E-state index in [0.29, 0.717) is 31.2 Å². The van der Waals surface area contributed by atoms with E-state index >= 15 is 0 Å². The molecule has 0 spiro atoms. The minimum Gasteiger partial charge on any atom is -0.368 e. The van der Waals surface area contributed by atoms with Gasteiger partial charge in [0.2, 0.25) is 0 Å². The van der Waals surface area contributed by atoms with Crippen LogP contribution in [0, 0.1) is 0 Å². The van der Waals surface area contributed by atoms with E-state index in [4.69, 9.17) is 11.6 Å². The number of hydrogen-bond donors (Lipinski definition) is 1. The standard InChI is InChI=1S/C24H36ClN3O2/c25-20-11-10-14-22(19-20)27-15-17-28(18-16-27)24(30)23(29)26-21-12-8-6-4-2-1-3-5-7-9-13-21/h10-11,14,19,21H,1-9,12-13,15-18H2,(H,26,29). The maximum absolute atomic E-state index is 12.7. The molecule has 5 nitrogen and oxygen atoms in total. The predicted molar refractivity (Wildman–Crippen MR) is 123 cm³/mol. The highest BCUT2D eigenvalue weighted by Crippen LogP contribution is 2.21. The largest absolute Gasteiger partial charge is 0.368 e. The first kappa shape index (κ1) is 22.9. The van der Waals surface area contributed by atoms with Gasteiger partial charge in [0.05, 0.1) is 0 Å². The van der Waals surface area contributed by atoms with Gasteiger partial charge in [0.25, 0.3) is 0 Å². The molecule has 1 aromatic rings. The lowest BCUT2D eigenvalue weighted by Crippen LogP contribution is -2.53. The molecule has 1 saturated heterocycles. The number of piperazine rings is 1. The van der Waals surface area contributed by atoms with Gasteiger partial charge in [-0.15, -0.1) is 0 Å². The molecular weight excluding hydrogens is 398 g/mol. The summed E-state index contributed by atoms with van der Waals surface area (Å²) in [4.78, 5) is 29.3. The van der Waals surface area contributed by atoms with Crippen LogP contribution >= 0.6 is 11.6 Å². The van der Waals surface area contributed by atoms with Crippen LogP contribution in [0.15, 0.2) is 24.3 Å². The molecule has 1 N–H and O–H groups in total. The van der Waals surface area contributed by atoms with Crippen molar-refractivity contribution < 1.29 is 9.59 Å². The van der Waals surface area contributed by atoms with Gasteiger partial charge >= 0.3 is 11.8 Å². The van der Waals surface area contributed by atoms with Crippen molar-refractivity contribution >= 4 is 29.1 Å². The molecule has 1 aromatic carbocycles. The molecular formula is C24H36ClN3O2. The molecule has 2 aliphatic rings. The maximum Gasteiger partial charge on any atom is 0.312 e. The van der Waals surface area contributed by atoms with Gasteiger partial charge in [-0.3, -0.25) is 9.59 Å². The molecule has 2 fully saturated rings. The first-order valence-electron chi connectivity index (χ1n) is 11.7. The molecule has 2 amide bonds. The van der Waals surface area contributed by atoms with Crippen molar-refractivity contribution in [1.82, 2.24) is 10.2 Å². The number of carbonyl (C=O) groups excluding carboxylic acids is 2. The van der Waals surface area contributed by atoms with Crippen LogP contribution in [0.4, 0.5) is 5.69 Å². The number of carbonyl (C=O) groups is 2. The molecule has 1 saturated carbocycles. The molecule has 0 aromatic heterocycles. The zero-order valence-electron chi connectivity index (χ0n) is 18.1. The van der Waals surface area contributed by atoms with Crippen LogP contribution < -0.4 is 10.2 Å². The second-order valence-electron chi connectivity index (χ2n) is 8.69. The second kappa shape index (κ2) is 12.2. The molecule has 3 rings (SSSR count). The number of hydrogen-bond acceptors (Lipinski definition) is 3. The predicted octanol–water partition coefficient (Wildman–Crippen LogP) is 4.78. The Hall–Kier alpha value is -1.75. The SMILES string of the molecule is O=C(NC1CCCCCCCCCCC1)C(=O)N1CCN(c2cccc(Cl)c2)CC1. The smallest absolute Gasteiger partial charge is 0.312 e. The van der Waals surface area contributed by atoms with Crippen molar-refractivity contribution in [3.05, 3.63) is 29.3 Å². The summed E-state index contributed by atoms with van der Waals surface area (Å²) >= 11 is 6.09. The van der Waals surface area contributed by atoms with Crippen LogP contribution in [0.5, 0.6) is 0 Å². The molecule has 166 valence electrons. The maximum atomic E-state index is 12.7. The first-order chi connectivity index (χ1) is 14.6. The number of benzene rings is 1. The molecule has 1 heterocycles. The van der Waals surface area contributed by atoms with Crippen molar-refractivity contribution in [3.63, 3.8) is 0 Å². The third kappa shape index (κ3) is 7.19. The number of amides is 2. The fraction of sp³-hybridized carbons (Fsp3) is 0.667. The molecule has 1 aliphatic heterocycles. The number of nitrogens with zero attached hydrogens (tertiary/aromatic N) is 2. The molecule has 0 bridgehead atoms. The number of rotatable bonds is 2. The molecule has 1 aliphatic carbocycles. The topological polar surface area (TPSA) is 52.7 Å². The van der Waals surface area contributed by atoms with Crippen molar-refractivity contribution in [2.75, 3.05) is 31.1 Å². The fourth-order valence-electron chi connectivity index (χ4n) is 4.54. The molecule has 0 unspecified atom stereocenters. The van der Waals surface area contributed by atoms with Crippen molar-refractivity contribution in [2.45, 2.75) is 76.7 Å². The van der Waals surface area contributed by atoms with Crippen molar-refractivity contribution in [1.29, 1.82) is 0 Å². The van der Waals surface area contributed by atoms with Gasteiger partial charge in [0.1, 0.15) is 0 Å². The van der Waals surface area contributed by atoms with E-state index in [2.05, 4.69) is 10.2 Å². The van der Waals surface area contributed by atoms with E-state index in [1.54, 1.807) is 4.90 Å². The van der Waals surface area contributed by atoms with Crippen molar-refractivity contribution in [2.24, 2.45) is 0 Å². The third-order valence-electron chi connectivity index (χ3n) is 6.37. The summed E-state index contributed by atoms with van der Waals surface area (Å²) in [5.74, 6) is -0.810. The molecule has 30 heavy (non-hydrogen) atoms. The number of anilines is 1. The minimum atomic E-state index is -0.428. The Morgan fingerprint density at radius 3 is 1.97 bits per heavy atom. The van der Waals surface area contributed by atoms with Crippen LogP contribution in [0.25, 0.3) is 0 Å². The van der Waals surface area contributed by atoms with Gasteiger partial charge in [0.15, 0.2) is 0 Å². The Labute approximate surface area is 186 Å². The Bertz CT molecular complexity index is 677. The highest BCUT2D eigenvalue weighted by molar-refractivity contribution is 6.35. The highest BCUT2D eigenvalue weighted by atomic mass is 35.5. The van der Waals surface area contributed by atoms with E-state index in [-0.39, 0.29) is 11.9 Å². The third-order valence-corrected chi connectivity index (χ3v) is 6.61. The van der Waals surface area contributed by atoms with Gasteiger partial charge in [-0.25, -0.2) is 0 Å². The molecule has 0 radical (unpaired) electrons. The Morgan fingerprint density at radius 1 is 0.833 bits per heavy atom. The van der Waals surface area contributed by atoms with Gasteiger partial charge < -0.3 is 15.1 Å². The average molecular weight is 434 g/mol. The average Bonchev–Trinajstić information content (AvgIpc) is 2.75. The summed E-state index contributed by atoms with van der Waals surface area (Å²) in [6.07, 6.45) is 13.3. The van der Waals surface area contributed by atoms with E-state index in [0.717, 1.165) is 31.4 Å². The summed E-state index contributed by atoms with van der Waals surface area (Å²) in [6.45, 7) is 2.54. The zero-order valence-corrected chi connectivity index (χ0v) is 18.8. The van der Waals surface area contributed by atoms with E-state index in [1.165, 1.54) is 44.9 Å². The lowest BCUT2D eigenvalue weighted by atomic mass is 9.98. The Balaban J connectivity index is 1.46. The first-order valence-corrected chi connectivity index (χ1v) is 12.1. The van der Waals surface area contributed by atoms with Crippen molar-refractivity contribution in [3.8, 4) is 0 Å². The summed E-state index contributed by atoms with van der Waals surface area (Å²) in [5.41, 5.74) is 1.06. The lowest BCUT2D eigenvalue weighted by Gasteiger charge is -2.36. The van der Waals surface area contributed by atoms with Crippen LogP contribution in [-0.4, -0.2) is 48.9 Å². The quantitative estimate of drug-likeness (QED) is 0.683. The summed E-state index contributed by atoms with van der Waals surface area (Å²) in [6, 6.07) is 7.90. The van der Waals surface area contributed by atoms with E-state index in [9.17, 15) is 9.59 Å². The minimum absolute atomic E-state index is 0.133. The summed E-state index contributed by atoms with van der Waals surface area (Å²) in [5, 5.41) is 3.77. The Morgan fingerprint density at radius 2 is 1.40 bits per heavy atom. The van der Waals surface area contributed by atoms with Gasteiger partial charge in [-0.2, -0.15) is 0 Å². The van der Waals surface area contributed by atoms with E-state index in [1.807, 2.05) is 24.3 Å². The van der Waals surface area contributed by atoms with Crippen LogP contribution in [0.3, 0.4) is 0 Å². The van der Waals surface area contributed by atoms with Gasteiger partial charge in [0, 0.05) is 42.9 Å². The normalized spacial score (nSPS) is 20.2. The van der Waals surface area contributed by atoms with Gasteiger partial charge in [-0.05, 0) is 31.0 Å². The van der Waals surface area contributed by atoms with E-state index < -0.39 is 5.91 Å². The van der Waals surface area contributed by atoms with Gasteiger partial charge in [-0.1, -0.05) is 75.5 Å². The van der Waals surface area contributed by atoms with Crippen LogP contribution in [0.2, 0.25) is 5.02 Å². The molecule has 0 atom stereocenters. The Kier molecular flexibility index (Phi) is 9.31. The van der Waals surface area contributed by atoms with Crippen LogP contribution in [-0.2, 0) is 9.59 Å².